The van der Waals surface area contributed by atoms with Gasteiger partial charge in [-0.1, -0.05) is 19.8 Å². The third-order valence-electron chi connectivity index (χ3n) is 2.89. The molecule has 108 valence electrons. The van der Waals surface area contributed by atoms with Gasteiger partial charge < -0.3 is 4.90 Å². The Labute approximate surface area is 118 Å². The van der Waals surface area contributed by atoms with E-state index in [1.54, 1.807) is 17.1 Å². The zero-order chi connectivity index (χ0) is 14.4. The molecule has 8 heteroatoms. The summed E-state index contributed by atoms with van der Waals surface area (Å²) in [6.45, 7) is 3.07. The predicted octanol–water partition coefficient (Wildman–Crippen LogP) is 0.969. The van der Waals surface area contributed by atoms with Crippen molar-refractivity contribution in [3.05, 3.63) is 18.5 Å². The fourth-order valence-corrected chi connectivity index (χ4v) is 1.78. The molecular formula is C12H20N8. The minimum Gasteiger partial charge on any atom is -0.344 e. The number of hydrogen-bond donors (Lipinski definition) is 2. The molecule has 2 heterocycles. The van der Waals surface area contributed by atoms with Crippen LogP contribution in [0, 0.1) is 0 Å². The van der Waals surface area contributed by atoms with Crippen molar-refractivity contribution in [2.75, 3.05) is 23.9 Å². The SMILES string of the molecule is CCCCCN(C)c1nc(NN)nc(-n2cccn2)n1. The predicted molar refractivity (Wildman–Crippen MR) is 77.6 cm³/mol. The van der Waals surface area contributed by atoms with E-state index in [1.807, 2.05) is 18.0 Å². The Hall–Kier alpha value is -2.22. The van der Waals surface area contributed by atoms with Gasteiger partial charge in [0, 0.05) is 26.0 Å². The molecule has 0 atom stereocenters. The standard InChI is InChI=1S/C12H20N8/c1-3-4-5-8-19(2)11-15-10(18-13)16-12(17-11)20-9-6-7-14-20/h6-7,9H,3-5,8,13H2,1-2H3,(H,15,16,17,18). The van der Waals surface area contributed by atoms with E-state index in [2.05, 4.69) is 32.4 Å². The van der Waals surface area contributed by atoms with Gasteiger partial charge in [0.25, 0.3) is 5.95 Å². The molecule has 0 radical (unpaired) electrons. The molecule has 0 amide bonds. The molecule has 20 heavy (non-hydrogen) atoms. The summed E-state index contributed by atoms with van der Waals surface area (Å²) >= 11 is 0. The van der Waals surface area contributed by atoms with Crippen molar-refractivity contribution in [1.29, 1.82) is 0 Å². The Bertz CT molecular complexity index is 524. The average molecular weight is 276 g/mol. The van der Waals surface area contributed by atoms with Crippen LogP contribution in [-0.4, -0.2) is 38.3 Å². The highest BCUT2D eigenvalue weighted by molar-refractivity contribution is 5.38. The number of anilines is 2. The number of nitrogens with two attached hydrogens (primary N) is 1. The van der Waals surface area contributed by atoms with Crippen LogP contribution < -0.4 is 16.2 Å². The summed E-state index contributed by atoms with van der Waals surface area (Å²) in [5.41, 5.74) is 2.46. The molecule has 0 bridgehead atoms. The lowest BCUT2D eigenvalue weighted by Gasteiger charge is -2.17. The molecule has 0 saturated heterocycles. The number of unbranched alkanes of at least 4 members (excludes halogenated alkanes) is 2. The van der Waals surface area contributed by atoms with Gasteiger partial charge in [0.15, 0.2) is 0 Å². The minimum atomic E-state index is 0.322. The van der Waals surface area contributed by atoms with E-state index in [9.17, 15) is 0 Å². The van der Waals surface area contributed by atoms with Gasteiger partial charge in [0.2, 0.25) is 11.9 Å². The topological polar surface area (TPSA) is 97.8 Å². The third-order valence-corrected chi connectivity index (χ3v) is 2.89. The summed E-state index contributed by atoms with van der Waals surface area (Å²) in [5.74, 6) is 6.75. The van der Waals surface area contributed by atoms with E-state index in [0.717, 1.165) is 13.0 Å². The largest absolute Gasteiger partial charge is 0.344 e. The van der Waals surface area contributed by atoms with E-state index in [0.29, 0.717) is 17.8 Å². The summed E-state index contributed by atoms with van der Waals surface area (Å²) in [6.07, 6.45) is 6.91. The summed E-state index contributed by atoms with van der Waals surface area (Å²) in [7, 11) is 1.96. The van der Waals surface area contributed by atoms with Crippen molar-refractivity contribution in [2.45, 2.75) is 26.2 Å². The normalized spacial score (nSPS) is 10.6. The van der Waals surface area contributed by atoms with E-state index in [1.165, 1.54) is 12.8 Å². The van der Waals surface area contributed by atoms with Crippen LogP contribution in [0.3, 0.4) is 0 Å². The van der Waals surface area contributed by atoms with Gasteiger partial charge in [0.05, 0.1) is 0 Å². The monoisotopic (exact) mass is 276 g/mol. The van der Waals surface area contributed by atoms with Crippen LogP contribution in [0.4, 0.5) is 11.9 Å². The number of hydrazine groups is 1. The summed E-state index contributed by atoms with van der Waals surface area (Å²) < 4.78 is 1.58. The van der Waals surface area contributed by atoms with Gasteiger partial charge in [-0.2, -0.15) is 20.1 Å². The highest BCUT2D eigenvalue weighted by Gasteiger charge is 2.11. The molecule has 2 aromatic rings. The molecule has 0 fully saturated rings. The smallest absolute Gasteiger partial charge is 0.257 e. The van der Waals surface area contributed by atoms with Crippen LogP contribution in [0.25, 0.3) is 5.95 Å². The van der Waals surface area contributed by atoms with Crippen molar-refractivity contribution in [2.24, 2.45) is 5.84 Å². The summed E-state index contributed by atoms with van der Waals surface area (Å²) in [4.78, 5) is 14.9. The van der Waals surface area contributed by atoms with Crippen LogP contribution >= 0.6 is 0 Å². The molecule has 0 saturated carbocycles. The third kappa shape index (κ3) is 3.41. The van der Waals surface area contributed by atoms with Crippen molar-refractivity contribution in [3.8, 4) is 5.95 Å². The lowest BCUT2D eigenvalue weighted by molar-refractivity contribution is 0.691. The summed E-state index contributed by atoms with van der Waals surface area (Å²) in [5, 5.41) is 4.11. The maximum Gasteiger partial charge on any atom is 0.257 e. The second-order valence-corrected chi connectivity index (χ2v) is 4.48. The van der Waals surface area contributed by atoms with Crippen LogP contribution in [0.15, 0.2) is 18.5 Å². The van der Waals surface area contributed by atoms with Crippen LogP contribution in [-0.2, 0) is 0 Å². The highest BCUT2D eigenvalue weighted by Crippen LogP contribution is 2.12. The van der Waals surface area contributed by atoms with Gasteiger partial charge in [-0.25, -0.2) is 10.5 Å². The second-order valence-electron chi connectivity index (χ2n) is 4.48. The molecule has 0 aliphatic rings. The first-order valence-electron chi connectivity index (χ1n) is 6.68. The van der Waals surface area contributed by atoms with Crippen molar-refractivity contribution in [1.82, 2.24) is 24.7 Å². The van der Waals surface area contributed by atoms with Crippen molar-refractivity contribution < 1.29 is 0 Å². The Kier molecular flexibility index (Phi) is 4.83. The Morgan fingerprint density at radius 3 is 2.80 bits per heavy atom. The zero-order valence-electron chi connectivity index (χ0n) is 11.8. The number of nitrogens with one attached hydrogen (secondary N) is 1. The first-order valence-corrected chi connectivity index (χ1v) is 6.68. The lowest BCUT2D eigenvalue weighted by Crippen LogP contribution is -2.24. The van der Waals surface area contributed by atoms with Gasteiger partial charge in [-0.3, -0.25) is 5.43 Å². The average Bonchev–Trinajstić information content (AvgIpc) is 3.01. The minimum absolute atomic E-state index is 0.322. The van der Waals surface area contributed by atoms with Gasteiger partial charge in [0.1, 0.15) is 0 Å². The molecule has 3 N–H and O–H groups in total. The first kappa shape index (κ1) is 14.2. The molecule has 2 aromatic heterocycles. The molecule has 0 spiro atoms. The molecule has 0 unspecified atom stereocenters. The van der Waals surface area contributed by atoms with Gasteiger partial charge >= 0.3 is 0 Å². The number of rotatable bonds is 7. The molecule has 0 aliphatic heterocycles. The maximum absolute atomic E-state index is 5.41. The van der Waals surface area contributed by atoms with Gasteiger partial charge in [-0.05, 0) is 12.5 Å². The fraction of sp³-hybridized carbons (Fsp3) is 0.500. The lowest BCUT2D eigenvalue weighted by atomic mass is 10.2. The summed E-state index contributed by atoms with van der Waals surface area (Å²) in [6, 6.07) is 1.81. The van der Waals surface area contributed by atoms with E-state index < -0.39 is 0 Å². The van der Waals surface area contributed by atoms with E-state index in [-0.39, 0.29) is 0 Å². The van der Waals surface area contributed by atoms with Crippen molar-refractivity contribution >= 4 is 11.9 Å². The van der Waals surface area contributed by atoms with Crippen molar-refractivity contribution in [3.63, 3.8) is 0 Å². The zero-order valence-corrected chi connectivity index (χ0v) is 11.8. The van der Waals surface area contributed by atoms with Crippen LogP contribution in [0.1, 0.15) is 26.2 Å². The first-order chi connectivity index (χ1) is 9.74. The van der Waals surface area contributed by atoms with E-state index in [4.69, 9.17) is 5.84 Å². The number of aromatic nitrogens is 5. The Balaban J connectivity index is 2.22. The second kappa shape index (κ2) is 6.80. The number of nitrogens with zero attached hydrogens (tertiary/aromatic N) is 6. The van der Waals surface area contributed by atoms with Gasteiger partial charge in [-0.15, -0.1) is 0 Å². The van der Waals surface area contributed by atoms with Crippen LogP contribution in [0.5, 0.6) is 0 Å². The molecule has 8 nitrogen and oxygen atoms in total. The Morgan fingerprint density at radius 2 is 2.15 bits per heavy atom. The number of hydrogen-bond acceptors (Lipinski definition) is 7. The Morgan fingerprint density at radius 1 is 1.30 bits per heavy atom. The molecule has 2 rings (SSSR count). The molecular weight excluding hydrogens is 256 g/mol. The maximum atomic E-state index is 5.41. The molecule has 0 aromatic carbocycles. The number of nitrogen functional groups attached to an aromatic ring is 1. The highest BCUT2D eigenvalue weighted by atomic mass is 15.4. The van der Waals surface area contributed by atoms with Crippen LogP contribution in [0.2, 0.25) is 0 Å². The quantitative estimate of drug-likeness (QED) is 0.441. The van der Waals surface area contributed by atoms with E-state index >= 15 is 0 Å². The molecule has 0 aliphatic carbocycles. The fourth-order valence-electron chi connectivity index (χ4n) is 1.78.